The lowest BCUT2D eigenvalue weighted by atomic mass is 9.82. The van der Waals surface area contributed by atoms with Crippen LogP contribution >= 0.6 is 0 Å². The van der Waals surface area contributed by atoms with E-state index in [0.29, 0.717) is 5.56 Å². The number of carbonyl (C=O) groups excluding carboxylic acids is 1. The Labute approximate surface area is 101 Å². The van der Waals surface area contributed by atoms with E-state index in [1.54, 1.807) is 12.3 Å². The van der Waals surface area contributed by atoms with Gasteiger partial charge in [0, 0.05) is 22.8 Å². The van der Waals surface area contributed by atoms with Crippen molar-refractivity contribution in [1.82, 2.24) is 4.98 Å². The van der Waals surface area contributed by atoms with Crippen LogP contribution in [0.3, 0.4) is 0 Å². The zero-order chi connectivity index (χ0) is 12.7. The molecule has 1 fully saturated rings. The summed E-state index contributed by atoms with van der Waals surface area (Å²) in [6, 6.07) is 3.63. The van der Waals surface area contributed by atoms with Gasteiger partial charge in [0.2, 0.25) is 0 Å². The number of ether oxygens (including phenoxy) is 1. The Bertz CT molecular complexity index is 428. The highest BCUT2D eigenvalue weighted by Gasteiger charge is 2.54. The Morgan fingerprint density at radius 2 is 2.12 bits per heavy atom. The third-order valence-corrected chi connectivity index (χ3v) is 3.66. The lowest BCUT2D eigenvalue weighted by Crippen LogP contribution is -2.45. The van der Waals surface area contributed by atoms with Gasteiger partial charge < -0.3 is 10.5 Å². The van der Waals surface area contributed by atoms with Crippen molar-refractivity contribution < 1.29 is 9.53 Å². The molecule has 1 aromatic heterocycles. The Morgan fingerprint density at radius 1 is 1.47 bits per heavy atom. The number of esters is 1. The molecule has 17 heavy (non-hydrogen) atoms. The van der Waals surface area contributed by atoms with Crippen LogP contribution in [0.4, 0.5) is 0 Å². The van der Waals surface area contributed by atoms with Crippen molar-refractivity contribution in [3.63, 3.8) is 0 Å². The van der Waals surface area contributed by atoms with Crippen molar-refractivity contribution in [1.29, 1.82) is 0 Å². The summed E-state index contributed by atoms with van der Waals surface area (Å²) in [5.41, 5.74) is 7.33. The van der Waals surface area contributed by atoms with Gasteiger partial charge in [0.05, 0.1) is 12.7 Å². The molecule has 1 heterocycles. The maximum atomic E-state index is 11.3. The minimum atomic E-state index is -0.360. The summed E-state index contributed by atoms with van der Waals surface area (Å²) >= 11 is 0. The highest BCUT2D eigenvalue weighted by atomic mass is 16.5. The molecule has 1 saturated carbocycles. The van der Waals surface area contributed by atoms with Gasteiger partial charge in [-0.1, -0.05) is 0 Å². The number of hydrogen-bond acceptors (Lipinski definition) is 4. The van der Waals surface area contributed by atoms with Gasteiger partial charge >= 0.3 is 5.97 Å². The molecule has 2 rings (SSSR count). The minimum Gasteiger partial charge on any atom is -0.465 e. The summed E-state index contributed by atoms with van der Waals surface area (Å²) in [6.07, 6.45) is 3.68. The van der Waals surface area contributed by atoms with Gasteiger partial charge in [-0.3, -0.25) is 4.98 Å². The van der Waals surface area contributed by atoms with Crippen molar-refractivity contribution in [2.24, 2.45) is 5.73 Å². The molecule has 0 spiro atoms. The summed E-state index contributed by atoms with van der Waals surface area (Å²) in [7, 11) is 1.36. The first-order chi connectivity index (χ1) is 7.90. The van der Waals surface area contributed by atoms with E-state index in [1.165, 1.54) is 7.11 Å². The Morgan fingerprint density at radius 3 is 2.47 bits per heavy atom. The first kappa shape index (κ1) is 12.0. The molecule has 4 heteroatoms. The number of carbonyl (C=O) groups is 1. The lowest BCUT2D eigenvalue weighted by Gasteiger charge is -2.30. The van der Waals surface area contributed by atoms with Gasteiger partial charge in [-0.15, -0.1) is 0 Å². The summed E-state index contributed by atoms with van der Waals surface area (Å²) in [4.78, 5) is 15.7. The second-order valence-corrected chi connectivity index (χ2v) is 5.23. The number of pyridine rings is 1. The molecule has 92 valence electrons. The van der Waals surface area contributed by atoms with Crippen LogP contribution < -0.4 is 5.73 Å². The second kappa shape index (κ2) is 3.81. The van der Waals surface area contributed by atoms with E-state index in [4.69, 9.17) is 5.73 Å². The molecule has 0 saturated heterocycles. The molecular formula is C13H18N2O2. The van der Waals surface area contributed by atoms with E-state index < -0.39 is 0 Å². The zero-order valence-electron chi connectivity index (χ0n) is 10.5. The molecule has 0 aromatic carbocycles. The van der Waals surface area contributed by atoms with Gasteiger partial charge in [-0.05, 0) is 38.8 Å². The second-order valence-electron chi connectivity index (χ2n) is 5.23. The molecule has 4 nitrogen and oxygen atoms in total. The monoisotopic (exact) mass is 234 g/mol. The van der Waals surface area contributed by atoms with Crippen LogP contribution in [0.1, 0.15) is 42.7 Å². The predicted octanol–water partition coefficient (Wildman–Crippen LogP) is 1.64. The van der Waals surface area contributed by atoms with Crippen molar-refractivity contribution in [2.45, 2.75) is 37.6 Å². The van der Waals surface area contributed by atoms with Crippen LogP contribution in [-0.2, 0) is 10.2 Å². The molecule has 2 N–H and O–H groups in total. The molecule has 1 aliphatic carbocycles. The van der Waals surface area contributed by atoms with Crippen LogP contribution in [0, 0.1) is 0 Å². The maximum Gasteiger partial charge on any atom is 0.339 e. The molecule has 1 aromatic rings. The summed E-state index contributed by atoms with van der Waals surface area (Å²) in [6.45, 7) is 4.05. The standard InChI is InChI=1S/C13H18N2O2/c1-12(2,14)13(6-7-13)10-5-4-9(8-15-10)11(16)17-3/h4-5,8H,6-7,14H2,1-3H3. The van der Waals surface area contributed by atoms with E-state index in [2.05, 4.69) is 9.72 Å². The number of hydrogen-bond donors (Lipinski definition) is 1. The molecule has 0 radical (unpaired) electrons. The Balaban J connectivity index is 2.28. The topological polar surface area (TPSA) is 65.2 Å². The molecule has 0 amide bonds. The van der Waals surface area contributed by atoms with Crippen molar-refractivity contribution in [2.75, 3.05) is 7.11 Å². The summed E-state index contributed by atoms with van der Waals surface area (Å²) in [5.74, 6) is -0.360. The van der Waals surface area contributed by atoms with Crippen LogP contribution in [0.5, 0.6) is 0 Å². The largest absolute Gasteiger partial charge is 0.465 e. The van der Waals surface area contributed by atoms with Crippen LogP contribution in [0.25, 0.3) is 0 Å². The Kier molecular flexibility index (Phi) is 2.70. The van der Waals surface area contributed by atoms with Gasteiger partial charge in [0.1, 0.15) is 0 Å². The quantitative estimate of drug-likeness (QED) is 0.807. The van der Waals surface area contributed by atoms with E-state index in [-0.39, 0.29) is 16.9 Å². The molecule has 0 bridgehead atoms. The van der Waals surface area contributed by atoms with E-state index in [1.807, 2.05) is 19.9 Å². The maximum absolute atomic E-state index is 11.3. The third kappa shape index (κ3) is 1.93. The fraction of sp³-hybridized carbons (Fsp3) is 0.538. The van der Waals surface area contributed by atoms with Crippen LogP contribution in [-0.4, -0.2) is 23.6 Å². The SMILES string of the molecule is COC(=O)c1ccc(C2(C(C)(C)N)CC2)nc1. The first-order valence-electron chi connectivity index (χ1n) is 5.74. The summed E-state index contributed by atoms with van der Waals surface area (Å²) in [5, 5.41) is 0. The molecule has 0 unspecified atom stereocenters. The smallest absolute Gasteiger partial charge is 0.339 e. The molecule has 0 aliphatic heterocycles. The average Bonchev–Trinajstić information content (AvgIpc) is 3.08. The van der Waals surface area contributed by atoms with E-state index in [0.717, 1.165) is 18.5 Å². The zero-order valence-corrected chi connectivity index (χ0v) is 10.5. The van der Waals surface area contributed by atoms with Crippen LogP contribution in [0.2, 0.25) is 0 Å². The van der Waals surface area contributed by atoms with Crippen molar-refractivity contribution >= 4 is 5.97 Å². The number of rotatable bonds is 3. The van der Waals surface area contributed by atoms with E-state index in [9.17, 15) is 4.79 Å². The fourth-order valence-electron chi connectivity index (χ4n) is 2.27. The van der Waals surface area contributed by atoms with Gasteiger partial charge in [-0.2, -0.15) is 0 Å². The first-order valence-corrected chi connectivity index (χ1v) is 5.74. The van der Waals surface area contributed by atoms with Gasteiger partial charge in [0.15, 0.2) is 0 Å². The van der Waals surface area contributed by atoms with Gasteiger partial charge in [0.25, 0.3) is 0 Å². The van der Waals surface area contributed by atoms with Crippen LogP contribution in [0.15, 0.2) is 18.3 Å². The molecule has 0 atom stereocenters. The predicted molar refractivity (Wildman–Crippen MR) is 64.8 cm³/mol. The van der Waals surface area contributed by atoms with Crippen molar-refractivity contribution in [3.05, 3.63) is 29.6 Å². The number of nitrogens with zero attached hydrogens (tertiary/aromatic N) is 1. The Hall–Kier alpha value is -1.42. The summed E-state index contributed by atoms with van der Waals surface area (Å²) < 4.78 is 4.64. The third-order valence-electron chi connectivity index (χ3n) is 3.66. The normalized spacial score (nSPS) is 17.6. The number of methoxy groups -OCH3 is 1. The number of aromatic nitrogens is 1. The van der Waals surface area contributed by atoms with Gasteiger partial charge in [-0.25, -0.2) is 4.79 Å². The molecule has 1 aliphatic rings. The highest BCUT2D eigenvalue weighted by Crippen LogP contribution is 2.53. The number of nitrogens with two attached hydrogens (primary N) is 1. The average molecular weight is 234 g/mol. The molecular weight excluding hydrogens is 216 g/mol. The van der Waals surface area contributed by atoms with Crippen molar-refractivity contribution in [3.8, 4) is 0 Å². The highest BCUT2D eigenvalue weighted by molar-refractivity contribution is 5.88. The minimum absolute atomic E-state index is 0.0261. The van der Waals surface area contributed by atoms with E-state index >= 15 is 0 Å². The lowest BCUT2D eigenvalue weighted by molar-refractivity contribution is 0.0600. The fourth-order valence-corrected chi connectivity index (χ4v) is 2.27.